The molecule has 1 aliphatic rings. The van der Waals surface area contributed by atoms with E-state index in [-0.39, 0.29) is 0 Å². The summed E-state index contributed by atoms with van der Waals surface area (Å²) in [7, 11) is 0. The number of aliphatic carboxylic acids is 1. The van der Waals surface area contributed by atoms with Crippen molar-refractivity contribution in [3.63, 3.8) is 0 Å². The van der Waals surface area contributed by atoms with E-state index >= 15 is 0 Å². The van der Waals surface area contributed by atoms with Gasteiger partial charge in [0.2, 0.25) is 0 Å². The van der Waals surface area contributed by atoms with Gasteiger partial charge in [0.25, 0.3) is 0 Å². The summed E-state index contributed by atoms with van der Waals surface area (Å²) in [4.78, 5) is 10.9. The Morgan fingerprint density at radius 1 is 1.31 bits per heavy atom. The summed E-state index contributed by atoms with van der Waals surface area (Å²) in [6.45, 7) is 7.35. The highest BCUT2D eigenvalue weighted by Gasteiger charge is 2.30. The highest BCUT2D eigenvalue weighted by molar-refractivity contribution is 5.73. The Labute approximate surface area is 98.6 Å². The van der Waals surface area contributed by atoms with Crippen LogP contribution in [0.25, 0.3) is 0 Å². The molecular formula is C13H25NO2. The number of carboxylic acid groups (broad SMARTS) is 1. The highest BCUT2D eigenvalue weighted by Crippen LogP contribution is 2.35. The van der Waals surface area contributed by atoms with Crippen LogP contribution >= 0.6 is 0 Å². The second-order valence-electron chi connectivity index (χ2n) is 6.16. The van der Waals surface area contributed by atoms with Crippen molar-refractivity contribution in [1.82, 2.24) is 5.32 Å². The molecule has 0 aliphatic heterocycles. The number of hydrogen-bond donors (Lipinski definition) is 2. The third-order valence-electron chi connectivity index (χ3n) is 3.76. The zero-order valence-electron chi connectivity index (χ0n) is 10.8. The van der Waals surface area contributed by atoms with Crippen molar-refractivity contribution in [3.05, 3.63) is 0 Å². The maximum atomic E-state index is 10.9. The zero-order chi connectivity index (χ0) is 12.2. The van der Waals surface area contributed by atoms with Crippen molar-refractivity contribution >= 4 is 5.97 Å². The van der Waals surface area contributed by atoms with Gasteiger partial charge in [-0.05, 0) is 32.1 Å². The predicted octanol–water partition coefficient (Wildman–Crippen LogP) is 2.66. The summed E-state index contributed by atoms with van der Waals surface area (Å²) >= 11 is 0. The molecule has 0 spiro atoms. The van der Waals surface area contributed by atoms with Gasteiger partial charge < -0.3 is 10.4 Å². The van der Waals surface area contributed by atoms with Crippen LogP contribution in [0.2, 0.25) is 0 Å². The Hall–Kier alpha value is -0.570. The zero-order valence-corrected chi connectivity index (χ0v) is 10.8. The second kappa shape index (κ2) is 5.17. The van der Waals surface area contributed by atoms with E-state index in [1.54, 1.807) is 13.8 Å². The molecule has 0 radical (unpaired) electrons. The van der Waals surface area contributed by atoms with Gasteiger partial charge in [0.1, 0.15) is 0 Å². The molecule has 1 fully saturated rings. The Kier molecular flexibility index (Phi) is 4.36. The number of nitrogens with one attached hydrogen (secondary N) is 1. The topological polar surface area (TPSA) is 49.3 Å². The molecule has 0 atom stereocenters. The average molecular weight is 227 g/mol. The van der Waals surface area contributed by atoms with Crippen LogP contribution in [-0.2, 0) is 4.79 Å². The Morgan fingerprint density at radius 3 is 2.38 bits per heavy atom. The third-order valence-corrected chi connectivity index (χ3v) is 3.76. The van der Waals surface area contributed by atoms with Crippen LogP contribution in [0.15, 0.2) is 0 Å². The quantitative estimate of drug-likeness (QED) is 0.759. The first-order chi connectivity index (χ1) is 7.36. The van der Waals surface area contributed by atoms with Crippen molar-refractivity contribution in [1.29, 1.82) is 0 Å². The highest BCUT2D eigenvalue weighted by atomic mass is 16.4. The maximum absolute atomic E-state index is 10.9. The summed E-state index contributed by atoms with van der Waals surface area (Å²) in [6.07, 6.45) is 6.54. The van der Waals surface area contributed by atoms with Crippen LogP contribution < -0.4 is 5.32 Å². The molecule has 0 amide bonds. The fourth-order valence-electron chi connectivity index (χ4n) is 2.33. The van der Waals surface area contributed by atoms with Gasteiger partial charge in [0.05, 0.1) is 5.41 Å². The van der Waals surface area contributed by atoms with Gasteiger partial charge in [-0.25, -0.2) is 0 Å². The van der Waals surface area contributed by atoms with Crippen molar-refractivity contribution in [2.45, 2.75) is 52.9 Å². The van der Waals surface area contributed by atoms with Crippen LogP contribution in [-0.4, -0.2) is 24.2 Å². The summed E-state index contributed by atoms with van der Waals surface area (Å²) in [6, 6.07) is 0. The lowest BCUT2D eigenvalue weighted by Gasteiger charge is -2.34. The van der Waals surface area contributed by atoms with Crippen molar-refractivity contribution < 1.29 is 9.90 Å². The van der Waals surface area contributed by atoms with Gasteiger partial charge >= 0.3 is 5.97 Å². The van der Waals surface area contributed by atoms with E-state index in [1.807, 2.05) is 0 Å². The van der Waals surface area contributed by atoms with Crippen molar-refractivity contribution in [3.8, 4) is 0 Å². The Morgan fingerprint density at radius 2 is 1.88 bits per heavy atom. The third kappa shape index (κ3) is 3.78. The fourth-order valence-corrected chi connectivity index (χ4v) is 2.33. The van der Waals surface area contributed by atoms with E-state index < -0.39 is 11.4 Å². The van der Waals surface area contributed by atoms with Gasteiger partial charge in [-0.2, -0.15) is 0 Å². The van der Waals surface area contributed by atoms with Crippen LogP contribution in [0.5, 0.6) is 0 Å². The molecule has 0 saturated heterocycles. The van der Waals surface area contributed by atoms with Crippen molar-refractivity contribution in [2.24, 2.45) is 10.8 Å². The molecular weight excluding hydrogens is 202 g/mol. The van der Waals surface area contributed by atoms with E-state index in [1.165, 1.54) is 32.1 Å². The number of carboxylic acids is 1. The van der Waals surface area contributed by atoms with E-state index in [0.717, 1.165) is 6.54 Å². The van der Waals surface area contributed by atoms with E-state index in [0.29, 0.717) is 12.0 Å². The number of hydrogen-bond acceptors (Lipinski definition) is 2. The maximum Gasteiger partial charge on any atom is 0.310 e. The largest absolute Gasteiger partial charge is 0.481 e. The minimum atomic E-state index is -0.728. The molecule has 16 heavy (non-hydrogen) atoms. The smallest absolute Gasteiger partial charge is 0.310 e. The van der Waals surface area contributed by atoms with Gasteiger partial charge in [-0.1, -0.05) is 26.2 Å². The standard InChI is InChI=1S/C13H25NO2/c1-12(2,11(15)16)9-14-10-13(3)7-5-4-6-8-13/h14H,4-10H2,1-3H3,(H,15,16). The van der Waals surface area contributed by atoms with Crippen molar-refractivity contribution in [2.75, 3.05) is 13.1 Å². The fraction of sp³-hybridized carbons (Fsp3) is 0.923. The minimum Gasteiger partial charge on any atom is -0.481 e. The Balaban J connectivity index is 2.31. The van der Waals surface area contributed by atoms with Crippen LogP contribution in [0.3, 0.4) is 0 Å². The molecule has 1 aliphatic carbocycles. The molecule has 3 heteroatoms. The van der Waals surface area contributed by atoms with E-state index in [4.69, 9.17) is 5.11 Å². The summed E-state index contributed by atoms with van der Waals surface area (Å²) in [5.41, 5.74) is -0.280. The molecule has 94 valence electrons. The molecule has 0 aromatic heterocycles. The van der Waals surface area contributed by atoms with Crippen LogP contribution in [0.4, 0.5) is 0 Å². The molecule has 0 aromatic rings. The summed E-state index contributed by atoms with van der Waals surface area (Å²) in [5, 5.41) is 12.3. The van der Waals surface area contributed by atoms with Crippen LogP contribution in [0, 0.1) is 10.8 Å². The molecule has 1 saturated carbocycles. The first-order valence-electron chi connectivity index (χ1n) is 6.30. The number of carbonyl (C=O) groups is 1. The first kappa shape index (κ1) is 13.5. The average Bonchev–Trinajstić information content (AvgIpc) is 2.17. The molecule has 0 bridgehead atoms. The predicted molar refractivity (Wildman–Crippen MR) is 65.5 cm³/mol. The number of rotatable bonds is 5. The molecule has 1 rings (SSSR count). The SMILES string of the molecule is CC1(CNCC(C)(C)C(=O)O)CCCCC1. The lowest BCUT2D eigenvalue weighted by atomic mass is 9.75. The van der Waals surface area contributed by atoms with Gasteiger partial charge in [0, 0.05) is 13.1 Å². The van der Waals surface area contributed by atoms with E-state index in [9.17, 15) is 4.79 Å². The first-order valence-corrected chi connectivity index (χ1v) is 6.30. The molecule has 3 nitrogen and oxygen atoms in total. The lowest BCUT2D eigenvalue weighted by Crippen LogP contribution is -2.41. The van der Waals surface area contributed by atoms with Gasteiger partial charge in [-0.15, -0.1) is 0 Å². The molecule has 0 unspecified atom stereocenters. The lowest BCUT2D eigenvalue weighted by molar-refractivity contribution is -0.146. The molecule has 0 heterocycles. The normalized spacial score (nSPS) is 20.7. The van der Waals surface area contributed by atoms with Gasteiger partial charge in [0.15, 0.2) is 0 Å². The Bertz CT molecular complexity index is 242. The minimum absolute atomic E-state index is 0.382. The van der Waals surface area contributed by atoms with Gasteiger partial charge in [-0.3, -0.25) is 4.79 Å². The summed E-state index contributed by atoms with van der Waals surface area (Å²) < 4.78 is 0. The van der Waals surface area contributed by atoms with Crippen LogP contribution in [0.1, 0.15) is 52.9 Å². The second-order valence-corrected chi connectivity index (χ2v) is 6.16. The monoisotopic (exact) mass is 227 g/mol. The molecule has 2 N–H and O–H groups in total. The molecule has 0 aromatic carbocycles. The van der Waals surface area contributed by atoms with E-state index in [2.05, 4.69) is 12.2 Å². The summed E-state index contributed by atoms with van der Waals surface area (Å²) in [5.74, 6) is -0.728.